The molecule has 4 heteroatoms. The molecule has 4 nitrogen and oxygen atoms in total. The van der Waals surface area contributed by atoms with Gasteiger partial charge in [-0.25, -0.2) is 0 Å². The molecule has 0 atom stereocenters. The molecule has 0 aliphatic heterocycles. The summed E-state index contributed by atoms with van der Waals surface area (Å²) in [5.74, 6) is 0.689. The van der Waals surface area contributed by atoms with Crippen LogP contribution in [0.25, 0.3) is 0 Å². The van der Waals surface area contributed by atoms with Crippen molar-refractivity contribution in [1.29, 1.82) is 0 Å². The number of Topliss-reactive ketones (excluding diaryl/α,β-unsaturated/α-hetero) is 1. The van der Waals surface area contributed by atoms with E-state index in [1.165, 1.54) is 5.56 Å². The van der Waals surface area contributed by atoms with Gasteiger partial charge in [0.1, 0.15) is 5.75 Å². The van der Waals surface area contributed by atoms with Gasteiger partial charge in [-0.05, 0) is 44.2 Å². The number of carbonyl (C=O) groups excluding carboxylic acids is 1. The third-order valence-corrected chi connectivity index (χ3v) is 3.76. The molecule has 0 aliphatic rings. The molecule has 2 aromatic rings. The van der Waals surface area contributed by atoms with Crippen molar-refractivity contribution >= 4 is 11.5 Å². The molecule has 0 fully saturated rings. The van der Waals surface area contributed by atoms with Gasteiger partial charge >= 0.3 is 0 Å². The number of hydrogen-bond acceptors (Lipinski definition) is 4. The minimum Gasteiger partial charge on any atom is -0.489 e. The first-order chi connectivity index (χ1) is 11.5. The number of rotatable bonds is 8. The first-order valence-corrected chi connectivity index (χ1v) is 8.35. The Labute approximate surface area is 144 Å². The molecule has 0 saturated carbocycles. The van der Waals surface area contributed by atoms with E-state index in [1.54, 1.807) is 18.2 Å². The van der Waals surface area contributed by atoms with Crippen molar-refractivity contribution < 1.29 is 9.53 Å². The van der Waals surface area contributed by atoms with Crippen molar-refractivity contribution in [3.05, 3.63) is 59.7 Å². The highest BCUT2D eigenvalue weighted by Gasteiger charge is 2.14. The number of hydrogen-bond donors (Lipinski definition) is 1. The molecule has 0 amide bonds. The zero-order valence-corrected chi connectivity index (χ0v) is 14.7. The SMILES string of the molecule is CCN(CC(=O)c1ccc(OC(C)C)c(N)c1)Cc1ccccc1. The maximum absolute atomic E-state index is 12.6. The normalized spacial score (nSPS) is 11.0. The van der Waals surface area contributed by atoms with Crippen LogP contribution in [0, 0.1) is 0 Å². The van der Waals surface area contributed by atoms with Gasteiger partial charge in [-0.15, -0.1) is 0 Å². The molecule has 0 saturated heterocycles. The fourth-order valence-corrected chi connectivity index (χ4v) is 2.50. The fraction of sp³-hybridized carbons (Fsp3) is 0.350. The zero-order chi connectivity index (χ0) is 17.5. The lowest BCUT2D eigenvalue weighted by molar-refractivity contribution is 0.0929. The summed E-state index contributed by atoms with van der Waals surface area (Å²) in [6.45, 7) is 7.89. The number of benzene rings is 2. The minimum absolute atomic E-state index is 0.0512. The Kier molecular flexibility index (Phi) is 6.38. The van der Waals surface area contributed by atoms with Crippen LogP contribution in [0.2, 0.25) is 0 Å². The molecular weight excluding hydrogens is 300 g/mol. The number of nitrogen functional groups attached to an aromatic ring is 1. The summed E-state index contributed by atoms with van der Waals surface area (Å²) in [6, 6.07) is 15.4. The van der Waals surface area contributed by atoms with Crippen molar-refractivity contribution in [1.82, 2.24) is 4.90 Å². The van der Waals surface area contributed by atoms with Gasteiger partial charge in [-0.2, -0.15) is 0 Å². The summed E-state index contributed by atoms with van der Waals surface area (Å²) in [5, 5.41) is 0. The van der Waals surface area contributed by atoms with E-state index in [0.29, 0.717) is 23.5 Å². The van der Waals surface area contributed by atoms with Crippen molar-refractivity contribution in [2.45, 2.75) is 33.4 Å². The number of nitrogens with zero attached hydrogens (tertiary/aromatic N) is 1. The Hall–Kier alpha value is -2.33. The molecule has 0 spiro atoms. The van der Waals surface area contributed by atoms with Gasteiger partial charge in [-0.1, -0.05) is 37.3 Å². The molecule has 2 rings (SSSR count). The van der Waals surface area contributed by atoms with Crippen LogP contribution in [0.4, 0.5) is 5.69 Å². The molecular formula is C20H26N2O2. The molecule has 0 aliphatic carbocycles. The third kappa shape index (κ3) is 5.10. The van der Waals surface area contributed by atoms with Gasteiger partial charge in [0.15, 0.2) is 5.78 Å². The largest absolute Gasteiger partial charge is 0.489 e. The number of nitrogens with two attached hydrogens (primary N) is 1. The van der Waals surface area contributed by atoms with Gasteiger partial charge in [0.2, 0.25) is 0 Å². The van der Waals surface area contributed by atoms with Crippen molar-refractivity contribution in [3.63, 3.8) is 0 Å². The Bertz CT molecular complexity index is 669. The second-order valence-electron chi connectivity index (χ2n) is 6.13. The average Bonchev–Trinajstić information content (AvgIpc) is 2.56. The van der Waals surface area contributed by atoms with Crippen LogP contribution in [0.15, 0.2) is 48.5 Å². The molecule has 2 aromatic carbocycles. The van der Waals surface area contributed by atoms with Crippen LogP contribution < -0.4 is 10.5 Å². The van der Waals surface area contributed by atoms with E-state index in [0.717, 1.165) is 13.1 Å². The standard InChI is InChI=1S/C20H26N2O2/c1-4-22(13-16-8-6-5-7-9-16)14-19(23)17-10-11-20(18(21)12-17)24-15(2)3/h5-12,15H,4,13-14,21H2,1-3H3. The smallest absolute Gasteiger partial charge is 0.176 e. The Morgan fingerprint density at radius 2 is 1.88 bits per heavy atom. The van der Waals surface area contributed by atoms with E-state index in [-0.39, 0.29) is 11.9 Å². The van der Waals surface area contributed by atoms with Crippen molar-refractivity contribution in [3.8, 4) is 5.75 Å². The molecule has 128 valence electrons. The third-order valence-electron chi connectivity index (χ3n) is 3.76. The Balaban J connectivity index is 2.03. The number of ketones is 1. The van der Waals surface area contributed by atoms with Crippen LogP contribution in [0.3, 0.4) is 0 Å². The Morgan fingerprint density at radius 1 is 1.17 bits per heavy atom. The van der Waals surface area contributed by atoms with Gasteiger partial charge in [-0.3, -0.25) is 9.69 Å². The number of anilines is 1. The van der Waals surface area contributed by atoms with Gasteiger partial charge in [0, 0.05) is 12.1 Å². The monoisotopic (exact) mass is 326 g/mol. The molecule has 24 heavy (non-hydrogen) atoms. The maximum Gasteiger partial charge on any atom is 0.176 e. The predicted octanol–water partition coefficient (Wildman–Crippen LogP) is 3.76. The summed E-state index contributed by atoms with van der Waals surface area (Å²) >= 11 is 0. The van der Waals surface area contributed by atoms with Gasteiger partial charge < -0.3 is 10.5 Å². The predicted molar refractivity (Wildman–Crippen MR) is 98.3 cm³/mol. The van der Waals surface area contributed by atoms with Crippen LogP contribution in [0.5, 0.6) is 5.75 Å². The molecule has 0 unspecified atom stereocenters. The highest BCUT2D eigenvalue weighted by atomic mass is 16.5. The summed E-state index contributed by atoms with van der Waals surface area (Å²) in [4.78, 5) is 14.7. The molecule has 2 N–H and O–H groups in total. The van der Waals surface area contributed by atoms with Crippen LogP contribution >= 0.6 is 0 Å². The van der Waals surface area contributed by atoms with Crippen LogP contribution in [-0.4, -0.2) is 29.9 Å². The quantitative estimate of drug-likeness (QED) is 0.593. The maximum atomic E-state index is 12.6. The number of likely N-dealkylation sites (N-methyl/N-ethyl adjacent to an activating group) is 1. The van der Waals surface area contributed by atoms with Crippen molar-refractivity contribution in [2.24, 2.45) is 0 Å². The second-order valence-corrected chi connectivity index (χ2v) is 6.13. The van der Waals surface area contributed by atoms with E-state index in [4.69, 9.17) is 10.5 Å². The van der Waals surface area contributed by atoms with E-state index in [9.17, 15) is 4.79 Å². The Morgan fingerprint density at radius 3 is 2.46 bits per heavy atom. The van der Waals surface area contributed by atoms with Crippen molar-refractivity contribution in [2.75, 3.05) is 18.8 Å². The van der Waals surface area contributed by atoms with Gasteiger partial charge in [0.05, 0.1) is 18.3 Å². The number of ether oxygens (including phenoxy) is 1. The topological polar surface area (TPSA) is 55.6 Å². The van der Waals surface area contributed by atoms with Crippen LogP contribution in [-0.2, 0) is 6.54 Å². The zero-order valence-electron chi connectivity index (χ0n) is 14.7. The highest BCUT2D eigenvalue weighted by Crippen LogP contribution is 2.24. The lowest BCUT2D eigenvalue weighted by Gasteiger charge is -2.20. The van der Waals surface area contributed by atoms with E-state index >= 15 is 0 Å². The first kappa shape index (κ1) is 18.0. The summed E-state index contributed by atoms with van der Waals surface area (Å²) in [7, 11) is 0. The van der Waals surface area contributed by atoms with Gasteiger partial charge in [0.25, 0.3) is 0 Å². The molecule has 0 radical (unpaired) electrons. The number of carbonyl (C=O) groups is 1. The first-order valence-electron chi connectivity index (χ1n) is 8.35. The molecule has 0 aromatic heterocycles. The minimum atomic E-state index is 0.0512. The fourth-order valence-electron chi connectivity index (χ4n) is 2.50. The highest BCUT2D eigenvalue weighted by molar-refractivity contribution is 5.98. The summed E-state index contributed by atoms with van der Waals surface area (Å²) < 4.78 is 5.61. The van der Waals surface area contributed by atoms with E-state index in [2.05, 4.69) is 24.0 Å². The lowest BCUT2D eigenvalue weighted by atomic mass is 10.1. The van der Waals surface area contributed by atoms with E-state index in [1.807, 2.05) is 32.0 Å². The second kappa shape index (κ2) is 8.50. The van der Waals surface area contributed by atoms with E-state index < -0.39 is 0 Å². The summed E-state index contributed by atoms with van der Waals surface area (Å²) in [5.41, 5.74) is 8.33. The molecule has 0 bridgehead atoms. The molecule has 0 heterocycles. The average molecular weight is 326 g/mol. The van der Waals surface area contributed by atoms with Crippen LogP contribution in [0.1, 0.15) is 36.7 Å². The summed E-state index contributed by atoms with van der Waals surface area (Å²) in [6.07, 6.45) is 0.0512. The lowest BCUT2D eigenvalue weighted by Crippen LogP contribution is -2.29.